The minimum Gasteiger partial charge on any atom is -0.311 e. The topological polar surface area (TPSA) is 3.24 Å². The Morgan fingerprint density at radius 3 is 1.08 bits per heavy atom. The Balaban J connectivity index is 1.17. The van der Waals surface area contributed by atoms with Gasteiger partial charge in [-0.25, -0.2) is 0 Å². The van der Waals surface area contributed by atoms with Crippen LogP contribution in [0.15, 0.2) is 260 Å². The first-order valence-electron chi connectivity index (χ1n) is 29.2. The summed E-state index contributed by atoms with van der Waals surface area (Å²) in [5.41, 5.74) is 3.50. The smallest absolute Gasteiger partial charge is 0.0645 e. The number of anilines is 3. The zero-order valence-electron chi connectivity index (χ0n) is 51.4. The van der Waals surface area contributed by atoms with Gasteiger partial charge in [0.2, 0.25) is 0 Å². The van der Waals surface area contributed by atoms with E-state index in [1.54, 1.807) is 24.3 Å². The fourth-order valence-electron chi connectivity index (χ4n) is 8.09. The normalized spacial score (nSPS) is 15.2. The quantitative estimate of drug-likeness (QED) is 0.131. The van der Waals surface area contributed by atoms with E-state index in [4.69, 9.17) is 13.7 Å². The third kappa shape index (κ3) is 7.37. The van der Waals surface area contributed by atoms with E-state index in [2.05, 4.69) is 48.5 Å². The molecule has 0 aromatic heterocycles. The van der Waals surface area contributed by atoms with E-state index in [-0.39, 0.29) is 5.69 Å². The number of rotatable bonds is 9. The number of benzene rings is 11. The average molecular weight is 820 g/mol. The number of fused-ring (bicyclic) bond motifs is 3. The molecular formula is C62H43N. The molecule has 0 atom stereocenters. The fraction of sp³-hybridized carbons (Fsp3) is 0. The van der Waals surface area contributed by atoms with Crippen molar-refractivity contribution in [3.05, 3.63) is 260 Å². The van der Waals surface area contributed by atoms with E-state index < -0.39 is 142 Å². The van der Waals surface area contributed by atoms with Crippen LogP contribution >= 0.6 is 0 Å². The molecule has 0 heterocycles. The molecule has 0 saturated carbocycles. The summed E-state index contributed by atoms with van der Waals surface area (Å²) in [7, 11) is 0. The largest absolute Gasteiger partial charge is 0.311 e. The van der Waals surface area contributed by atoms with E-state index in [9.17, 15) is 11.0 Å². The minimum absolute atomic E-state index is 0.0118. The van der Waals surface area contributed by atoms with Gasteiger partial charge in [0.1, 0.15) is 0 Å². The Hall–Kier alpha value is -8.26. The number of hydrogen-bond acceptors (Lipinski definition) is 1. The third-order valence-corrected chi connectivity index (χ3v) is 11.0. The Morgan fingerprint density at radius 2 is 0.603 bits per heavy atom. The molecule has 0 spiro atoms. The highest BCUT2D eigenvalue weighted by Gasteiger charge is 2.20. The van der Waals surface area contributed by atoms with Crippen LogP contribution in [0.5, 0.6) is 0 Å². The predicted molar refractivity (Wildman–Crippen MR) is 269 cm³/mol. The van der Waals surface area contributed by atoms with Crippen molar-refractivity contribution in [3.8, 4) is 66.8 Å². The maximum absolute atomic E-state index is 9.55. The van der Waals surface area contributed by atoms with Crippen molar-refractivity contribution in [2.45, 2.75) is 0 Å². The van der Waals surface area contributed by atoms with Crippen molar-refractivity contribution >= 4 is 38.6 Å². The maximum atomic E-state index is 9.55. The first-order chi connectivity index (χ1) is 38.7. The van der Waals surface area contributed by atoms with Gasteiger partial charge in [0.25, 0.3) is 0 Å². The van der Waals surface area contributed by atoms with Gasteiger partial charge in [0, 0.05) is 17.1 Å². The summed E-state index contributed by atoms with van der Waals surface area (Å²) in [4.78, 5) is 1.02. The van der Waals surface area contributed by atoms with Crippen LogP contribution in [-0.2, 0) is 0 Å². The first-order valence-corrected chi connectivity index (χ1v) is 20.2. The van der Waals surface area contributed by atoms with E-state index in [1.807, 2.05) is 78.9 Å². The van der Waals surface area contributed by atoms with Gasteiger partial charge >= 0.3 is 0 Å². The summed E-state index contributed by atoms with van der Waals surface area (Å²) >= 11 is 0. The summed E-state index contributed by atoms with van der Waals surface area (Å²) in [6.45, 7) is 0. The lowest BCUT2D eigenvalue weighted by molar-refractivity contribution is 1.28. The molecule has 11 aromatic rings. The van der Waals surface area contributed by atoms with Crippen molar-refractivity contribution in [2.75, 3.05) is 4.90 Å². The molecular weight excluding hydrogens is 759 g/mol. The van der Waals surface area contributed by atoms with Crippen LogP contribution < -0.4 is 4.90 Å². The molecule has 0 radical (unpaired) electrons. The van der Waals surface area contributed by atoms with Crippen molar-refractivity contribution < 1.29 is 24.7 Å². The summed E-state index contributed by atoms with van der Waals surface area (Å²) in [5, 5.41) is 4.23. The fourth-order valence-corrected chi connectivity index (χ4v) is 8.09. The second kappa shape index (κ2) is 16.7. The zero-order chi connectivity index (χ0) is 57.6. The van der Waals surface area contributed by atoms with Crippen LogP contribution in [-0.4, -0.2) is 0 Å². The Morgan fingerprint density at radius 1 is 0.238 bits per heavy atom. The maximum Gasteiger partial charge on any atom is 0.0645 e. The molecule has 0 unspecified atom stereocenters. The van der Waals surface area contributed by atoms with Crippen LogP contribution in [0.4, 0.5) is 17.1 Å². The molecule has 0 bridgehead atoms. The summed E-state index contributed by atoms with van der Waals surface area (Å²) in [6.07, 6.45) is 0. The Labute approximate surface area is 394 Å². The van der Waals surface area contributed by atoms with E-state index in [0.29, 0.717) is 5.56 Å². The van der Waals surface area contributed by atoms with E-state index >= 15 is 0 Å². The standard InChI is InChI=1S/C62H43N/c1-5-17-44(18-6-1)47-29-35-54(36-30-47)63(55-37-31-48(32-38-55)45-19-7-2-8-20-45)56-39-33-49(34-40-56)52-41-51(46-21-9-3-10-22-46)42-53(43-52)62-60-28-16-14-26-58(60)57-25-13-15-27-59(57)61(62)50-23-11-4-12-24-50/h1-43H/i1D,2D,5D,6D,7D,8D,17D,18D,19D,20D,29D,30D,31D,32D,35D,36D,37D,38D. The molecule has 63 heavy (non-hydrogen) atoms. The molecule has 11 aromatic carbocycles. The number of nitrogens with zero attached hydrogens (tertiary/aromatic N) is 1. The number of hydrogen-bond donors (Lipinski definition) is 0. The molecule has 11 rings (SSSR count). The lowest BCUT2D eigenvalue weighted by Gasteiger charge is -2.26. The first kappa shape index (κ1) is 23.1. The van der Waals surface area contributed by atoms with Crippen LogP contribution in [0.2, 0.25) is 0 Å². The molecule has 0 fully saturated rings. The van der Waals surface area contributed by atoms with Crippen molar-refractivity contribution in [1.82, 2.24) is 0 Å². The van der Waals surface area contributed by atoms with Gasteiger partial charge in [-0.3, -0.25) is 0 Å². The minimum atomic E-state index is -0.849. The lowest BCUT2D eigenvalue weighted by Crippen LogP contribution is -2.09. The zero-order valence-corrected chi connectivity index (χ0v) is 33.4. The van der Waals surface area contributed by atoms with Gasteiger partial charge in [-0.2, -0.15) is 0 Å². The third-order valence-electron chi connectivity index (χ3n) is 11.0. The van der Waals surface area contributed by atoms with Crippen LogP contribution in [0.25, 0.3) is 88.3 Å². The summed E-state index contributed by atoms with van der Waals surface area (Å²) < 4.78 is 160. The van der Waals surface area contributed by atoms with Gasteiger partial charge in [-0.1, -0.05) is 206 Å². The van der Waals surface area contributed by atoms with Gasteiger partial charge in [-0.15, -0.1) is 0 Å². The second-order valence-corrected chi connectivity index (χ2v) is 14.7. The molecule has 0 aliphatic rings. The summed E-state index contributed by atoms with van der Waals surface area (Å²) in [6, 6.07) is 35.0. The molecule has 1 heteroatoms. The van der Waals surface area contributed by atoms with Gasteiger partial charge in [0.05, 0.1) is 24.7 Å². The highest BCUT2D eigenvalue weighted by atomic mass is 15.1. The molecule has 1 nitrogen and oxygen atoms in total. The van der Waals surface area contributed by atoms with E-state index in [0.717, 1.165) is 65.4 Å². The molecule has 0 N–H and O–H groups in total. The molecule has 296 valence electrons. The Kier molecular flexibility index (Phi) is 6.10. The van der Waals surface area contributed by atoms with Crippen molar-refractivity contribution in [1.29, 1.82) is 0 Å². The SMILES string of the molecule is [2H]c1c([2H])c([2H])c(-c2c([2H])c([2H])c(N(c3ccc(-c4cc(-c5ccccc5)cc(-c5c(-c6ccccc6)c6ccccc6c6ccccc56)c4)cc3)c3c([2H])c([2H])c(-c4c([2H])c([2H])c([2H])c([2H])c4[2H])c([2H])c3[2H])c([2H])c2[2H])c([2H])c1[2H]. The highest BCUT2D eigenvalue weighted by molar-refractivity contribution is 6.21. The van der Waals surface area contributed by atoms with Gasteiger partial charge < -0.3 is 4.90 Å². The van der Waals surface area contributed by atoms with Crippen LogP contribution in [0.3, 0.4) is 0 Å². The molecule has 0 aliphatic carbocycles. The van der Waals surface area contributed by atoms with Gasteiger partial charge in [-0.05, 0) is 143 Å². The lowest BCUT2D eigenvalue weighted by atomic mass is 9.83. The average Bonchev–Trinajstić information content (AvgIpc) is 3.61. The van der Waals surface area contributed by atoms with Crippen molar-refractivity contribution in [2.24, 2.45) is 0 Å². The van der Waals surface area contributed by atoms with Crippen LogP contribution in [0.1, 0.15) is 24.7 Å². The second-order valence-electron chi connectivity index (χ2n) is 14.7. The predicted octanol–water partition coefficient (Wildman–Crippen LogP) is 17.5. The molecule has 0 amide bonds. The Bertz CT molecular complexity index is 4180. The van der Waals surface area contributed by atoms with Crippen molar-refractivity contribution in [3.63, 3.8) is 0 Å². The van der Waals surface area contributed by atoms with Crippen LogP contribution in [0, 0.1) is 0 Å². The molecule has 0 saturated heterocycles. The highest BCUT2D eigenvalue weighted by Crippen LogP contribution is 2.46. The molecule has 0 aliphatic heterocycles. The monoisotopic (exact) mass is 819 g/mol. The summed E-state index contributed by atoms with van der Waals surface area (Å²) in [5.74, 6) is 0. The van der Waals surface area contributed by atoms with Gasteiger partial charge in [0.15, 0.2) is 0 Å². The van der Waals surface area contributed by atoms with E-state index in [1.165, 1.54) is 0 Å².